The molecule has 2 saturated heterocycles. The van der Waals surface area contributed by atoms with E-state index in [-0.39, 0.29) is 23.7 Å². The second-order valence-electron chi connectivity index (χ2n) is 7.24. The van der Waals surface area contributed by atoms with E-state index in [1.165, 1.54) is 0 Å². The van der Waals surface area contributed by atoms with Crippen LogP contribution in [0.25, 0.3) is 0 Å². The first kappa shape index (κ1) is 17.4. The molecule has 2 aliphatic rings. The van der Waals surface area contributed by atoms with Crippen LogP contribution in [0.15, 0.2) is 18.2 Å². The van der Waals surface area contributed by atoms with Gasteiger partial charge in [-0.15, -0.1) is 0 Å². The summed E-state index contributed by atoms with van der Waals surface area (Å²) in [6, 6.07) is 5.48. The average molecular weight is 344 g/mol. The molecule has 25 heavy (non-hydrogen) atoms. The highest BCUT2D eigenvalue weighted by atomic mass is 16.4. The third-order valence-electron chi connectivity index (χ3n) is 5.39. The van der Waals surface area contributed by atoms with E-state index >= 15 is 0 Å². The van der Waals surface area contributed by atoms with Gasteiger partial charge >= 0.3 is 5.97 Å². The number of carboxylic acid groups (broad SMARTS) is 1. The second-order valence-corrected chi connectivity index (χ2v) is 7.24. The van der Waals surface area contributed by atoms with Crippen LogP contribution in [0.5, 0.6) is 0 Å². The number of rotatable bonds is 4. The van der Waals surface area contributed by atoms with E-state index in [1.807, 2.05) is 28.9 Å². The minimum atomic E-state index is -0.804. The molecule has 0 saturated carbocycles. The molecule has 1 amide bonds. The highest BCUT2D eigenvalue weighted by Crippen LogP contribution is 2.43. The first-order valence-electron chi connectivity index (χ1n) is 8.49. The van der Waals surface area contributed by atoms with E-state index in [1.54, 1.807) is 6.07 Å². The number of carboxylic acids is 1. The Morgan fingerprint density at radius 1 is 1.36 bits per heavy atom. The lowest BCUT2D eigenvalue weighted by atomic mass is 9.77. The van der Waals surface area contributed by atoms with E-state index in [2.05, 4.69) is 0 Å². The number of hydrogen-bond donors (Lipinski definition) is 3. The summed E-state index contributed by atoms with van der Waals surface area (Å²) in [5.74, 6) is -0.670. The fourth-order valence-electron chi connectivity index (χ4n) is 3.95. The zero-order valence-electron chi connectivity index (χ0n) is 14.4. The SMILES string of the molecule is Cc1cc(C(=N)N)ccc1N1CC2(CCN(CC(=O)O)CC2)CC1=O. The smallest absolute Gasteiger partial charge is 0.317 e. The van der Waals surface area contributed by atoms with Crippen LogP contribution >= 0.6 is 0 Å². The number of carbonyl (C=O) groups is 2. The minimum absolute atomic E-state index is 0.0182. The predicted molar refractivity (Wildman–Crippen MR) is 94.9 cm³/mol. The molecule has 1 spiro atoms. The van der Waals surface area contributed by atoms with Crippen LogP contribution in [0.1, 0.15) is 30.4 Å². The molecule has 2 fully saturated rings. The van der Waals surface area contributed by atoms with Crippen molar-refractivity contribution < 1.29 is 14.7 Å². The number of aliphatic carboxylic acids is 1. The largest absolute Gasteiger partial charge is 0.480 e. The van der Waals surface area contributed by atoms with Crippen LogP contribution in [-0.2, 0) is 9.59 Å². The van der Waals surface area contributed by atoms with Crippen molar-refractivity contribution in [3.8, 4) is 0 Å². The standard InChI is InChI=1S/C18H24N4O3/c1-12-8-13(17(19)20)2-3-14(12)22-11-18(9-15(22)23)4-6-21(7-5-18)10-16(24)25/h2-3,8H,4-7,9-11H2,1H3,(H3,19,20)(H,24,25). The summed E-state index contributed by atoms with van der Waals surface area (Å²) in [5.41, 5.74) is 7.93. The maximum Gasteiger partial charge on any atom is 0.317 e. The summed E-state index contributed by atoms with van der Waals surface area (Å²) in [7, 11) is 0. The Bertz CT molecular complexity index is 723. The number of anilines is 1. The number of nitrogen functional groups attached to an aromatic ring is 1. The zero-order valence-corrected chi connectivity index (χ0v) is 14.4. The van der Waals surface area contributed by atoms with Gasteiger partial charge in [0.05, 0.1) is 6.54 Å². The summed E-state index contributed by atoms with van der Waals surface area (Å²) < 4.78 is 0. The van der Waals surface area contributed by atoms with Crippen LogP contribution in [-0.4, -0.2) is 53.9 Å². The Balaban J connectivity index is 1.73. The molecule has 0 unspecified atom stereocenters. The maximum atomic E-state index is 12.6. The van der Waals surface area contributed by atoms with Crippen LogP contribution in [0, 0.1) is 17.7 Å². The topological polar surface area (TPSA) is 111 Å². The Labute approximate surface area is 146 Å². The van der Waals surface area contributed by atoms with Gasteiger partial charge in [0.2, 0.25) is 5.91 Å². The van der Waals surface area contributed by atoms with Crippen molar-refractivity contribution in [2.45, 2.75) is 26.2 Å². The molecule has 2 heterocycles. The molecule has 0 aromatic heterocycles. The van der Waals surface area contributed by atoms with Crippen molar-refractivity contribution in [2.75, 3.05) is 31.1 Å². The van der Waals surface area contributed by atoms with Gasteiger partial charge in [0.25, 0.3) is 0 Å². The van der Waals surface area contributed by atoms with Crippen LogP contribution in [0.3, 0.4) is 0 Å². The summed E-state index contributed by atoms with van der Waals surface area (Å²) in [6.45, 7) is 4.10. The van der Waals surface area contributed by atoms with Gasteiger partial charge in [0.15, 0.2) is 0 Å². The van der Waals surface area contributed by atoms with Gasteiger partial charge in [-0.05, 0) is 62.0 Å². The summed E-state index contributed by atoms with van der Waals surface area (Å²) in [4.78, 5) is 27.3. The van der Waals surface area contributed by atoms with Gasteiger partial charge in [-0.1, -0.05) is 0 Å². The van der Waals surface area contributed by atoms with Gasteiger partial charge in [0.1, 0.15) is 5.84 Å². The van der Waals surface area contributed by atoms with Gasteiger partial charge in [-0.3, -0.25) is 19.9 Å². The number of likely N-dealkylation sites (tertiary alicyclic amines) is 1. The number of nitrogens with two attached hydrogens (primary N) is 1. The highest BCUT2D eigenvalue weighted by Gasteiger charge is 2.45. The summed E-state index contributed by atoms with van der Waals surface area (Å²) >= 11 is 0. The Morgan fingerprint density at radius 2 is 2.04 bits per heavy atom. The molecular weight excluding hydrogens is 320 g/mol. The number of nitrogens with zero attached hydrogens (tertiary/aromatic N) is 2. The monoisotopic (exact) mass is 344 g/mol. The zero-order chi connectivity index (χ0) is 18.2. The fourth-order valence-corrected chi connectivity index (χ4v) is 3.95. The van der Waals surface area contributed by atoms with Crippen molar-refractivity contribution in [3.05, 3.63) is 29.3 Å². The van der Waals surface area contributed by atoms with Crippen molar-refractivity contribution in [1.29, 1.82) is 5.41 Å². The van der Waals surface area contributed by atoms with E-state index in [0.717, 1.165) is 37.2 Å². The number of benzene rings is 1. The molecule has 0 bridgehead atoms. The van der Waals surface area contributed by atoms with Crippen molar-refractivity contribution in [1.82, 2.24) is 4.90 Å². The van der Waals surface area contributed by atoms with Gasteiger partial charge in [-0.2, -0.15) is 0 Å². The normalized spacial score (nSPS) is 20.2. The molecule has 2 aliphatic heterocycles. The predicted octanol–water partition coefficient (Wildman–Crippen LogP) is 1.18. The van der Waals surface area contributed by atoms with E-state index in [4.69, 9.17) is 16.2 Å². The van der Waals surface area contributed by atoms with E-state index in [9.17, 15) is 9.59 Å². The third-order valence-corrected chi connectivity index (χ3v) is 5.39. The quantitative estimate of drug-likeness (QED) is 0.561. The van der Waals surface area contributed by atoms with E-state index < -0.39 is 5.97 Å². The maximum absolute atomic E-state index is 12.6. The first-order valence-corrected chi connectivity index (χ1v) is 8.49. The number of piperidine rings is 1. The molecule has 3 rings (SSSR count). The molecule has 1 aromatic rings. The number of nitrogens with one attached hydrogen (secondary N) is 1. The van der Waals surface area contributed by atoms with Crippen molar-refractivity contribution in [3.63, 3.8) is 0 Å². The number of hydrogen-bond acceptors (Lipinski definition) is 4. The second kappa shape index (κ2) is 6.48. The number of carbonyl (C=O) groups excluding carboxylic acids is 1. The van der Waals surface area contributed by atoms with E-state index in [0.29, 0.717) is 18.5 Å². The van der Waals surface area contributed by atoms with Crippen LogP contribution in [0.4, 0.5) is 5.69 Å². The lowest BCUT2D eigenvalue weighted by Gasteiger charge is -2.38. The molecule has 0 atom stereocenters. The summed E-state index contributed by atoms with van der Waals surface area (Å²) in [5, 5.41) is 16.4. The lowest BCUT2D eigenvalue weighted by Crippen LogP contribution is -2.43. The molecule has 134 valence electrons. The first-order chi connectivity index (χ1) is 11.8. The molecule has 0 radical (unpaired) electrons. The molecule has 4 N–H and O–H groups in total. The minimum Gasteiger partial charge on any atom is -0.480 e. The lowest BCUT2D eigenvalue weighted by molar-refractivity contribution is -0.139. The van der Waals surface area contributed by atoms with Gasteiger partial charge < -0.3 is 15.7 Å². The molecule has 7 heteroatoms. The molecule has 0 aliphatic carbocycles. The Morgan fingerprint density at radius 3 is 2.60 bits per heavy atom. The van der Waals surface area contributed by atoms with Gasteiger partial charge in [-0.25, -0.2) is 0 Å². The summed E-state index contributed by atoms with van der Waals surface area (Å²) in [6.07, 6.45) is 2.20. The van der Waals surface area contributed by atoms with Crippen LogP contribution in [0.2, 0.25) is 0 Å². The molecule has 7 nitrogen and oxygen atoms in total. The third kappa shape index (κ3) is 3.51. The van der Waals surface area contributed by atoms with Crippen LogP contribution < -0.4 is 10.6 Å². The van der Waals surface area contributed by atoms with Crippen molar-refractivity contribution >= 4 is 23.4 Å². The molecular formula is C18H24N4O3. The Kier molecular flexibility index (Phi) is 4.51. The average Bonchev–Trinajstić information content (AvgIpc) is 2.85. The van der Waals surface area contributed by atoms with Crippen molar-refractivity contribution in [2.24, 2.45) is 11.1 Å². The fraction of sp³-hybridized carbons (Fsp3) is 0.500. The Hall–Kier alpha value is -2.41. The molecule has 1 aromatic carbocycles. The number of aryl methyl sites for hydroxylation is 1. The number of amides is 1. The van der Waals surface area contributed by atoms with Gasteiger partial charge in [0, 0.05) is 24.2 Å². The number of amidine groups is 1. The highest BCUT2D eigenvalue weighted by molar-refractivity contribution is 5.99.